The normalized spacial score (nSPS) is 17.5. The van der Waals surface area contributed by atoms with Crippen LogP contribution in [0, 0.1) is 13.8 Å². The van der Waals surface area contributed by atoms with Crippen LogP contribution in [0.5, 0.6) is 0 Å². The third-order valence-electron chi connectivity index (χ3n) is 4.90. The Morgan fingerprint density at radius 1 is 1.12 bits per heavy atom. The molecule has 1 amide bonds. The number of benzene rings is 1. The second-order valence-electron chi connectivity index (χ2n) is 6.90. The zero-order valence-corrected chi connectivity index (χ0v) is 15.2. The van der Waals surface area contributed by atoms with Crippen molar-refractivity contribution in [3.63, 3.8) is 0 Å². The van der Waals surface area contributed by atoms with E-state index >= 15 is 0 Å². The summed E-state index contributed by atoms with van der Waals surface area (Å²) in [4.78, 5) is 14.8. The van der Waals surface area contributed by atoms with E-state index in [-0.39, 0.29) is 11.9 Å². The third kappa shape index (κ3) is 3.14. The van der Waals surface area contributed by atoms with E-state index in [0.717, 1.165) is 36.5 Å². The lowest BCUT2D eigenvalue weighted by Crippen LogP contribution is -2.41. The fourth-order valence-corrected chi connectivity index (χ4v) is 3.68. The van der Waals surface area contributed by atoms with Crippen LogP contribution in [-0.2, 0) is 0 Å². The van der Waals surface area contributed by atoms with Crippen molar-refractivity contribution in [3.8, 4) is 5.69 Å². The summed E-state index contributed by atoms with van der Waals surface area (Å²) in [5.74, 6) is -0.00841. The maximum absolute atomic E-state index is 12.9. The van der Waals surface area contributed by atoms with Gasteiger partial charge in [0.15, 0.2) is 5.69 Å². The average molecular weight is 349 g/mol. The van der Waals surface area contributed by atoms with Crippen LogP contribution in [0.25, 0.3) is 5.69 Å². The molecule has 0 spiro atoms. The molecule has 0 bridgehead atoms. The Labute approximate surface area is 153 Å². The van der Waals surface area contributed by atoms with Crippen LogP contribution >= 0.6 is 0 Å². The Bertz CT molecular complexity index is 911. The van der Waals surface area contributed by atoms with Crippen LogP contribution in [0.3, 0.4) is 0 Å². The van der Waals surface area contributed by atoms with E-state index in [0.29, 0.717) is 12.2 Å². The number of aryl methyl sites for hydroxylation is 2. The molecule has 2 aromatic heterocycles. The molecular weight excluding hydrogens is 326 g/mol. The van der Waals surface area contributed by atoms with Crippen molar-refractivity contribution in [2.24, 2.45) is 0 Å². The van der Waals surface area contributed by atoms with Crippen LogP contribution in [0.15, 0.2) is 48.7 Å². The summed E-state index contributed by atoms with van der Waals surface area (Å²) in [6.07, 6.45) is 3.86. The van der Waals surface area contributed by atoms with Gasteiger partial charge in [-0.15, -0.1) is 0 Å². The molecule has 1 atom stereocenters. The molecule has 0 radical (unpaired) electrons. The first-order valence-electron chi connectivity index (χ1n) is 9.05. The van der Waals surface area contributed by atoms with Gasteiger partial charge < -0.3 is 4.90 Å². The third-order valence-corrected chi connectivity index (χ3v) is 4.90. The highest BCUT2D eigenvalue weighted by atomic mass is 16.2. The molecule has 1 unspecified atom stereocenters. The summed E-state index contributed by atoms with van der Waals surface area (Å²) in [6.45, 7) is 5.53. The average Bonchev–Trinajstić information content (AvgIpc) is 3.28. The van der Waals surface area contributed by atoms with Gasteiger partial charge in [-0.05, 0) is 51.0 Å². The van der Waals surface area contributed by atoms with Gasteiger partial charge in [0, 0.05) is 25.0 Å². The Morgan fingerprint density at radius 3 is 2.65 bits per heavy atom. The molecule has 1 fully saturated rings. The fourth-order valence-electron chi connectivity index (χ4n) is 3.68. The van der Waals surface area contributed by atoms with Crippen LogP contribution in [0.2, 0.25) is 0 Å². The number of carbonyl (C=O) groups excluding carboxylic acids is 1. The van der Waals surface area contributed by atoms with E-state index in [4.69, 9.17) is 0 Å². The van der Waals surface area contributed by atoms with Gasteiger partial charge in [0.1, 0.15) is 0 Å². The number of likely N-dealkylation sites (tertiary alicyclic amines) is 1. The van der Waals surface area contributed by atoms with Crippen molar-refractivity contribution in [2.45, 2.75) is 32.7 Å². The summed E-state index contributed by atoms with van der Waals surface area (Å²) in [7, 11) is 0. The van der Waals surface area contributed by atoms with Gasteiger partial charge in [-0.2, -0.15) is 10.2 Å². The maximum atomic E-state index is 12.9. The fraction of sp³-hybridized carbons (Fsp3) is 0.350. The molecule has 134 valence electrons. The highest BCUT2D eigenvalue weighted by molar-refractivity contribution is 5.92. The first-order valence-corrected chi connectivity index (χ1v) is 9.05. The molecule has 6 nitrogen and oxygen atoms in total. The lowest BCUT2D eigenvalue weighted by molar-refractivity contribution is 0.0665. The summed E-state index contributed by atoms with van der Waals surface area (Å²) in [5.41, 5.74) is 3.61. The topological polar surface area (TPSA) is 56.0 Å². The predicted octanol–water partition coefficient (Wildman–Crippen LogP) is 3.16. The van der Waals surface area contributed by atoms with Crippen LogP contribution < -0.4 is 0 Å². The molecule has 3 heterocycles. The molecule has 0 saturated carbocycles. The first kappa shape index (κ1) is 16.6. The number of hydrogen-bond donors (Lipinski definition) is 0. The number of hydrogen-bond acceptors (Lipinski definition) is 3. The Kier molecular flexibility index (Phi) is 4.32. The van der Waals surface area contributed by atoms with E-state index in [2.05, 4.69) is 27.9 Å². The second kappa shape index (κ2) is 6.78. The molecule has 1 aliphatic heterocycles. The van der Waals surface area contributed by atoms with Crippen molar-refractivity contribution in [1.29, 1.82) is 0 Å². The number of rotatable bonds is 3. The van der Waals surface area contributed by atoms with E-state index in [1.807, 2.05) is 48.4 Å². The monoisotopic (exact) mass is 349 g/mol. The zero-order valence-electron chi connectivity index (χ0n) is 15.2. The van der Waals surface area contributed by atoms with Crippen LogP contribution in [-0.4, -0.2) is 43.5 Å². The van der Waals surface area contributed by atoms with Gasteiger partial charge in [-0.1, -0.05) is 18.2 Å². The highest BCUT2D eigenvalue weighted by Gasteiger charge is 2.27. The molecule has 1 aromatic carbocycles. The Morgan fingerprint density at radius 2 is 1.92 bits per heavy atom. The first-order chi connectivity index (χ1) is 12.6. The Hall–Kier alpha value is -2.89. The van der Waals surface area contributed by atoms with E-state index in [9.17, 15) is 4.79 Å². The van der Waals surface area contributed by atoms with Gasteiger partial charge in [0.05, 0.1) is 17.4 Å². The molecule has 3 aromatic rings. The van der Waals surface area contributed by atoms with E-state index in [1.165, 1.54) is 0 Å². The largest absolute Gasteiger partial charge is 0.335 e. The lowest BCUT2D eigenvalue weighted by atomic mass is 10.1. The minimum absolute atomic E-state index is 0.00841. The second-order valence-corrected chi connectivity index (χ2v) is 6.90. The minimum Gasteiger partial charge on any atom is -0.335 e. The van der Waals surface area contributed by atoms with Crippen molar-refractivity contribution < 1.29 is 4.79 Å². The van der Waals surface area contributed by atoms with Gasteiger partial charge >= 0.3 is 0 Å². The smallest absolute Gasteiger partial charge is 0.274 e. The number of nitrogens with zero attached hydrogens (tertiary/aromatic N) is 5. The van der Waals surface area contributed by atoms with Crippen molar-refractivity contribution in [1.82, 2.24) is 24.5 Å². The molecule has 1 saturated heterocycles. The summed E-state index contributed by atoms with van der Waals surface area (Å²) >= 11 is 0. The van der Waals surface area contributed by atoms with Crippen molar-refractivity contribution >= 4 is 5.91 Å². The molecule has 0 aliphatic carbocycles. The number of amides is 1. The van der Waals surface area contributed by atoms with Crippen molar-refractivity contribution in [3.05, 3.63) is 65.7 Å². The molecular formula is C20H23N5O. The maximum Gasteiger partial charge on any atom is 0.274 e. The predicted molar refractivity (Wildman–Crippen MR) is 99.4 cm³/mol. The van der Waals surface area contributed by atoms with Gasteiger partial charge in [-0.3, -0.25) is 9.48 Å². The molecule has 1 aliphatic rings. The van der Waals surface area contributed by atoms with Crippen LogP contribution in [0.4, 0.5) is 0 Å². The quantitative estimate of drug-likeness (QED) is 0.730. The standard InChI is InChI=1S/C20H23N5O/c1-15-13-16(2)25(21-15)18-9-6-11-23(14-18)20(26)19-10-12-24(22-19)17-7-4-3-5-8-17/h3-5,7-8,10,12-13,18H,6,9,11,14H2,1-2H3. The molecule has 6 heteroatoms. The highest BCUT2D eigenvalue weighted by Crippen LogP contribution is 2.24. The lowest BCUT2D eigenvalue weighted by Gasteiger charge is -2.33. The SMILES string of the molecule is Cc1cc(C)n(C2CCCN(C(=O)c3ccn(-c4ccccc4)n3)C2)n1. The molecule has 0 N–H and O–H groups in total. The van der Waals surface area contributed by atoms with Crippen LogP contribution in [0.1, 0.15) is 40.8 Å². The molecule has 26 heavy (non-hydrogen) atoms. The van der Waals surface area contributed by atoms with Crippen molar-refractivity contribution in [2.75, 3.05) is 13.1 Å². The number of para-hydroxylation sites is 1. The number of aromatic nitrogens is 4. The number of piperidine rings is 1. The summed E-state index contributed by atoms with van der Waals surface area (Å²) in [6, 6.07) is 13.9. The van der Waals surface area contributed by atoms with Gasteiger partial charge in [0.25, 0.3) is 5.91 Å². The van der Waals surface area contributed by atoms with E-state index in [1.54, 1.807) is 10.7 Å². The minimum atomic E-state index is -0.00841. The van der Waals surface area contributed by atoms with Gasteiger partial charge in [0.2, 0.25) is 0 Å². The zero-order chi connectivity index (χ0) is 18.1. The Balaban J connectivity index is 1.51. The van der Waals surface area contributed by atoms with E-state index < -0.39 is 0 Å². The summed E-state index contributed by atoms with van der Waals surface area (Å²) in [5, 5.41) is 9.08. The summed E-state index contributed by atoms with van der Waals surface area (Å²) < 4.78 is 3.81. The number of carbonyl (C=O) groups is 1. The molecule has 4 rings (SSSR count). The van der Waals surface area contributed by atoms with Gasteiger partial charge in [-0.25, -0.2) is 4.68 Å².